The third-order valence-corrected chi connectivity index (χ3v) is 2.84. The van der Waals surface area contributed by atoms with Crippen molar-refractivity contribution in [1.29, 1.82) is 0 Å². The van der Waals surface area contributed by atoms with Crippen LogP contribution in [0.5, 0.6) is 5.75 Å². The number of methoxy groups -OCH3 is 1. The van der Waals surface area contributed by atoms with Gasteiger partial charge in [0.05, 0.1) is 7.11 Å². The highest BCUT2D eigenvalue weighted by Gasteiger charge is 2.16. The summed E-state index contributed by atoms with van der Waals surface area (Å²) in [4.78, 5) is 25.7. The van der Waals surface area contributed by atoms with Gasteiger partial charge < -0.3 is 20.2 Å². The Labute approximate surface area is 120 Å². The fraction of sp³-hybridized carbons (Fsp3) is 0.231. The molecule has 0 unspecified atom stereocenters. The Hall–Kier alpha value is -2.90. The number of nitro groups is 1. The quantitative estimate of drug-likeness (QED) is 0.668. The van der Waals surface area contributed by atoms with Gasteiger partial charge in [0.1, 0.15) is 18.5 Å². The third-order valence-electron chi connectivity index (χ3n) is 2.84. The average molecular weight is 290 g/mol. The van der Waals surface area contributed by atoms with E-state index in [1.807, 2.05) is 0 Å². The molecule has 0 bridgehead atoms. The van der Waals surface area contributed by atoms with E-state index in [9.17, 15) is 14.9 Å². The summed E-state index contributed by atoms with van der Waals surface area (Å²) in [6.45, 7) is 1.56. The summed E-state index contributed by atoms with van der Waals surface area (Å²) in [5.74, 6) is 0.529. The number of carbonyl (C=O) groups excluding carboxylic acids is 1. The largest absolute Gasteiger partial charge is 0.497 e. The van der Waals surface area contributed by atoms with E-state index in [4.69, 9.17) is 4.74 Å². The number of hydrogen-bond donors (Lipinski definition) is 1. The van der Waals surface area contributed by atoms with Gasteiger partial charge in [-0.15, -0.1) is 0 Å². The van der Waals surface area contributed by atoms with Crippen LogP contribution in [0, 0.1) is 17.0 Å². The number of carbonyl (C=O) groups is 1. The molecular weight excluding hydrogens is 276 g/mol. The predicted molar refractivity (Wildman–Crippen MR) is 75.2 cm³/mol. The highest BCUT2D eigenvalue weighted by molar-refractivity contribution is 5.90. The summed E-state index contributed by atoms with van der Waals surface area (Å²) < 4.78 is 6.45. The minimum atomic E-state index is -0.592. The fourth-order valence-electron chi connectivity index (χ4n) is 1.77. The van der Waals surface area contributed by atoms with E-state index < -0.39 is 4.92 Å². The van der Waals surface area contributed by atoms with Gasteiger partial charge in [0.25, 0.3) is 0 Å². The zero-order valence-electron chi connectivity index (χ0n) is 11.6. The van der Waals surface area contributed by atoms with Crippen molar-refractivity contribution in [2.75, 3.05) is 12.4 Å². The van der Waals surface area contributed by atoms with E-state index in [0.717, 1.165) is 0 Å². The van der Waals surface area contributed by atoms with E-state index in [0.29, 0.717) is 17.3 Å². The van der Waals surface area contributed by atoms with Crippen molar-refractivity contribution in [3.8, 4) is 5.75 Å². The van der Waals surface area contributed by atoms with Crippen molar-refractivity contribution in [2.24, 2.45) is 0 Å². The molecule has 1 aromatic carbocycles. The molecule has 1 aromatic heterocycles. The monoisotopic (exact) mass is 290 g/mol. The Morgan fingerprint density at radius 2 is 2.10 bits per heavy atom. The Kier molecular flexibility index (Phi) is 4.17. The Morgan fingerprint density at radius 1 is 1.43 bits per heavy atom. The lowest BCUT2D eigenvalue weighted by atomic mass is 10.3. The topological polar surface area (TPSA) is 99.3 Å². The molecule has 1 amide bonds. The van der Waals surface area contributed by atoms with E-state index in [-0.39, 0.29) is 18.3 Å². The lowest BCUT2D eigenvalue weighted by Crippen LogP contribution is -2.19. The van der Waals surface area contributed by atoms with Gasteiger partial charge in [-0.2, -0.15) is 0 Å². The van der Waals surface area contributed by atoms with Crippen molar-refractivity contribution in [3.05, 3.63) is 46.4 Å². The van der Waals surface area contributed by atoms with Crippen LogP contribution in [0.15, 0.2) is 30.5 Å². The number of anilines is 1. The van der Waals surface area contributed by atoms with Gasteiger partial charge in [0, 0.05) is 12.6 Å². The predicted octanol–water partition coefficient (Wildman–Crippen LogP) is 1.75. The van der Waals surface area contributed by atoms with Crippen LogP contribution >= 0.6 is 0 Å². The SMILES string of the molecule is COc1ccc(NC(=O)Cn2cc([N+](=O)[O-])nc2C)cc1. The Bertz CT molecular complexity index is 663. The summed E-state index contributed by atoms with van der Waals surface area (Å²) in [6, 6.07) is 6.87. The second-order valence-electron chi connectivity index (χ2n) is 4.31. The molecule has 0 aliphatic rings. The van der Waals surface area contributed by atoms with Crippen LogP contribution < -0.4 is 10.1 Å². The maximum atomic E-state index is 11.9. The van der Waals surface area contributed by atoms with Gasteiger partial charge in [0.2, 0.25) is 11.7 Å². The van der Waals surface area contributed by atoms with Crippen LogP contribution in [-0.4, -0.2) is 27.5 Å². The Morgan fingerprint density at radius 3 is 2.62 bits per heavy atom. The van der Waals surface area contributed by atoms with E-state index in [1.54, 1.807) is 38.3 Å². The fourth-order valence-corrected chi connectivity index (χ4v) is 1.77. The number of hydrogen-bond acceptors (Lipinski definition) is 5. The summed E-state index contributed by atoms with van der Waals surface area (Å²) in [6.07, 6.45) is 1.24. The van der Waals surface area contributed by atoms with Gasteiger partial charge in [-0.3, -0.25) is 9.36 Å². The van der Waals surface area contributed by atoms with E-state index >= 15 is 0 Å². The van der Waals surface area contributed by atoms with Crippen LogP contribution in [0.3, 0.4) is 0 Å². The molecule has 0 radical (unpaired) electrons. The van der Waals surface area contributed by atoms with Gasteiger partial charge in [-0.1, -0.05) is 0 Å². The molecule has 8 heteroatoms. The van der Waals surface area contributed by atoms with Crippen molar-refractivity contribution in [2.45, 2.75) is 13.5 Å². The number of rotatable bonds is 5. The van der Waals surface area contributed by atoms with E-state index in [2.05, 4.69) is 10.3 Å². The van der Waals surface area contributed by atoms with Gasteiger partial charge in [-0.05, 0) is 34.2 Å². The molecule has 2 aromatic rings. The third kappa shape index (κ3) is 3.56. The second kappa shape index (κ2) is 6.04. The van der Waals surface area contributed by atoms with Crippen molar-refractivity contribution in [1.82, 2.24) is 9.55 Å². The smallest absolute Gasteiger partial charge is 0.381 e. The van der Waals surface area contributed by atoms with Crippen LogP contribution in [0.1, 0.15) is 5.82 Å². The van der Waals surface area contributed by atoms with Crippen LogP contribution in [0.4, 0.5) is 11.5 Å². The minimum absolute atomic E-state index is 0.0430. The summed E-state index contributed by atoms with van der Waals surface area (Å²) >= 11 is 0. The molecule has 0 fully saturated rings. The normalized spacial score (nSPS) is 10.2. The van der Waals surface area contributed by atoms with Crippen LogP contribution in [-0.2, 0) is 11.3 Å². The number of benzene rings is 1. The lowest BCUT2D eigenvalue weighted by Gasteiger charge is -2.06. The number of aromatic nitrogens is 2. The van der Waals surface area contributed by atoms with Crippen molar-refractivity contribution in [3.63, 3.8) is 0 Å². The number of ether oxygens (including phenoxy) is 1. The van der Waals surface area contributed by atoms with Crippen molar-refractivity contribution >= 4 is 17.4 Å². The van der Waals surface area contributed by atoms with Crippen LogP contribution in [0.2, 0.25) is 0 Å². The number of nitrogens with one attached hydrogen (secondary N) is 1. The maximum absolute atomic E-state index is 11.9. The number of nitrogens with zero attached hydrogens (tertiary/aromatic N) is 3. The number of aryl methyl sites for hydroxylation is 1. The standard InChI is InChI=1S/C13H14N4O4/c1-9-14-12(17(19)20)7-16(9)8-13(18)15-10-3-5-11(21-2)6-4-10/h3-7H,8H2,1-2H3,(H,15,18). The molecule has 2 rings (SSSR count). The average Bonchev–Trinajstić information content (AvgIpc) is 2.81. The molecule has 1 heterocycles. The highest BCUT2D eigenvalue weighted by Crippen LogP contribution is 2.15. The molecular formula is C13H14N4O4. The van der Waals surface area contributed by atoms with Crippen LogP contribution in [0.25, 0.3) is 0 Å². The molecule has 8 nitrogen and oxygen atoms in total. The Balaban J connectivity index is 2.02. The highest BCUT2D eigenvalue weighted by atomic mass is 16.6. The molecule has 0 saturated heterocycles. The molecule has 110 valence electrons. The zero-order valence-corrected chi connectivity index (χ0v) is 11.6. The zero-order chi connectivity index (χ0) is 15.4. The molecule has 21 heavy (non-hydrogen) atoms. The maximum Gasteiger partial charge on any atom is 0.381 e. The molecule has 0 aliphatic heterocycles. The molecule has 0 atom stereocenters. The van der Waals surface area contributed by atoms with Gasteiger partial charge >= 0.3 is 5.82 Å². The summed E-state index contributed by atoms with van der Waals surface area (Å²) in [7, 11) is 1.56. The first-order valence-electron chi connectivity index (χ1n) is 6.11. The molecule has 1 N–H and O–H groups in total. The first-order chi connectivity index (χ1) is 9.99. The van der Waals surface area contributed by atoms with Gasteiger partial charge in [-0.25, -0.2) is 0 Å². The number of imidazole rings is 1. The first kappa shape index (κ1) is 14.5. The molecule has 0 aliphatic carbocycles. The van der Waals surface area contributed by atoms with Crippen molar-refractivity contribution < 1.29 is 14.5 Å². The molecule has 0 saturated carbocycles. The minimum Gasteiger partial charge on any atom is -0.497 e. The van der Waals surface area contributed by atoms with E-state index in [1.165, 1.54) is 10.8 Å². The molecule has 0 spiro atoms. The summed E-state index contributed by atoms with van der Waals surface area (Å²) in [5.41, 5.74) is 0.619. The van der Waals surface area contributed by atoms with Gasteiger partial charge in [0.15, 0.2) is 0 Å². The number of amides is 1. The summed E-state index contributed by atoms with van der Waals surface area (Å²) in [5, 5.41) is 13.3. The lowest BCUT2D eigenvalue weighted by molar-refractivity contribution is -0.389. The second-order valence-corrected chi connectivity index (χ2v) is 4.31. The first-order valence-corrected chi connectivity index (χ1v) is 6.11.